The number of amides is 1. The topological polar surface area (TPSA) is 36.4 Å². The van der Waals surface area contributed by atoms with Crippen LogP contribution in [0, 0.1) is 6.92 Å². The van der Waals surface area contributed by atoms with Gasteiger partial charge in [-0.25, -0.2) is 4.98 Å². The van der Waals surface area contributed by atoms with E-state index in [9.17, 15) is 4.79 Å². The van der Waals surface area contributed by atoms with Gasteiger partial charge < -0.3 is 4.90 Å². The van der Waals surface area contributed by atoms with Crippen molar-refractivity contribution in [2.45, 2.75) is 27.2 Å². The molecule has 0 bridgehead atoms. The lowest BCUT2D eigenvalue weighted by atomic mass is 10.0. The van der Waals surface area contributed by atoms with Crippen LogP contribution in [0.3, 0.4) is 0 Å². The lowest BCUT2D eigenvalue weighted by molar-refractivity contribution is -0.118. The van der Waals surface area contributed by atoms with Crippen LogP contribution >= 0.6 is 11.3 Å². The second-order valence-electron chi connectivity index (χ2n) is 7.81. The number of para-hydroxylation sites is 1. The third kappa shape index (κ3) is 4.63. The largest absolute Gasteiger partial charge is 0.302 e. The summed E-state index contributed by atoms with van der Waals surface area (Å²) in [5.41, 5.74) is 3.20. The maximum absolute atomic E-state index is 13.6. The van der Waals surface area contributed by atoms with Crippen LogP contribution in [0.15, 0.2) is 60.7 Å². The molecule has 0 N–H and O–H groups in total. The predicted octanol–water partition coefficient (Wildman–Crippen LogP) is 5.68. The van der Waals surface area contributed by atoms with Crippen LogP contribution in [-0.4, -0.2) is 42.0 Å². The average molecular weight is 432 g/mol. The van der Waals surface area contributed by atoms with E-state index in [1.54, 1.807) is 11.3 Å². The van der Waals surface area contributed by atoms with Gasteiger partial charge in [-0.15, -0.1) is 0 Å². The molecule has 0 unspecified atom stereocenters. The van der Waals surface area contributed by atoms with Crippen molar-refractivity contribution >= 4 is 43.4 Å². The van der Waals surface area contributed by atoms with Gasteiger partial charge in [-0.05, 0) is 48.0 Å². The number of aromatic nitrogens is 1. The zero-order valence-corrected chi connectivity index (χ0v) is 19.3. The highest BCUT2D eigenvalue weighted by Crippen LogP contribution is 2.31. The van der Waals surface area contributed by atoms with E-state index in [2.05, 4.69) is 68.1 Å². The molecule has 1 heterocycles. The van der Waals surface area contributed by atoms with Crippen molar-refractivity contribution in [1.29, 1.82) is 0 Å². The number of carbonyl (C=O) groups is 1. The molecule has 0 aliphatic carbocycles. The summed E-state index contributed by atoms with van der Waals surface area (Å²) in [5.74, 6) is 0.0974. The molecule has 4 aromatic rings. The molecule has 1 amide bonds. The molecule has 31 heavy (non-hydrogen) atoms. The van der Waals surface area contributed by atoms with Gasteiger partial charge in [-0.2, -0.15) is 0 Å². The lowest BCUT2D eigenvalue weighted by Gasteiger charge is -2.25. The first-order valence-electron chi connectivity index (χ1n) is 11.0. The highest BCUT2D eigenvalue weighted by molar-refractivity contribution is 7.22. The first-order valence-corrected chi connectivity index (χ1v) is 11.8. The Labute approximate surface area is 188 Å². The van der Waals surface area contributed by atoms with Crippen molar-refractivity contribution < 1.29 is 4.79 Å². The summed E-state index contributed by atoms with van der Waals surface area (Å²) < 4.78 is 1.13. The number of carbonyl (C=O) groups excluding carboxylic acids is 1. The molecule has 0 radical (unpaired) electrons. The van der Waals surface area contributed by atoms with E-state index >= 15 is 0 Å². The van der Waals surface area contributed by atoms with E-state index < -0.39 is 0 Å². The molecule has 0 aliphatic rings. The van der Waals surface area contributed by atoms with E-state index in [0.717, 1.165) is 56.9 Å². The summed E-state index contributed by atoms with van der Waals surface area (Å²) in [4.78, 5) is 22.7. The highest BCUT2D eigenvalue weighted by Gasteiger charge is 2.21. The van der Waals surface area contributed by atoms with Gasteiger partial charge in [0.1, 0.15) is 0 Å². The molecule has 1 aromatic heterocycles. The fourth-order valence-corrected chi connectivity index (χ4v) is 5.09. The molecule has 160 valence electrons. The summed E-state index contributed by atoms with van der Waals surface area (Å²) in [5, 5.41) is 3.10. The smallest absolute Gasteiger partial charge is 0.233 e. The van der Waals surface area contributed by atoms with E-state index in [1.165, 1.54) is 0 Å². The number of aryl methyl sites for hydroxylation is 1. The number of hydrogen-bond acceptors (Lipinski definition) is 4. The van der Waals surface area contributed by atoms with E-state index in [4.69, 9.17) is 4.98 Å². The summed E-state index contributed by atoms with van der Waals surface area (Å²) in [6, 6.07) is 20.7. The summed E-state index contributed by atoms with van der Waals surface area (Å²) in [6.07, 6.45) is 0.370. The highest BCUT2D eigenvalue weighted by atomic mass is 32.1. The number of hydrogen-bond donors (Lipinski definition) is 0. The van der Waals surface area contributed by atoms with Crippen molar-refractivity contribution in [3.63, 3.8) is 0 Å². The molecule has 0 atom stereocenters. The zero-order chi connectivity index (χ0) is 21.8. The normalized spacial score (nSPS) is 11.5. The fraction of sp³-hybridized carbons (Fsp3) is 0.308. The van der Waals surface area contributed by atoms with Crippen LogP contribution in [0.4, 0.5) is 5.13 Å². The Kier molecular flexibility index (Phi) is 6.64. The molecule has 0 saturated carbocycles. The van der Waals surface area contributed by atoms with Crippen LogP contribution in [0.2, 0.25) is 0 Å². The molecular formula is C26H29N3OS. The minimum Gasteiger partial charge on any atom is -0.302 e. The Morgan fingerprint density at radius 2 is 1.68 bits per heavy atom. The van der Waals surface area contributed by atoms with Crippen molar-refractivity contribution in [2.24, 2.45) is 0 Å². The third-order valence-electron chi connectivity index (χ3n) is 5.90. The van der Waals surface area contributed by atoms with Crippen molar-refractivity contribution in [3.05, 3.63) is 71.8 Å². The van der Waals surface area contributed by atoms with Gasteiger partial charge in [0.2, 0.25) is 5.91 Å². The van der Waals surface area contributed by atoms with E-state index in [1.807, 2.05) is 23.1 Å². The summed E-state index contributed by atoms with van der Waals surface area (Å²) >= 11 is 1.60. The van der Waals surface area contributed by atoms with Crippen molar-refractivity contribution in [2.75, 3.05) is 31.1 Å². The quantitative estimate of drug-likeness (QED) is 0.360. The van der Waals surface area contributed by atoms with Crippen LogP contribution in [0.5, 0.6) is 0 Å². The van der Waals surface area contributed by atoms with Gasteiger partial charge in [-0.3, -0.25) is 9.69 Å². The maximum atomic E-state index is 13.6. The number of fused-ring (bicyclic) bond motifs is 2. The molecule has 0 fully saturated rings. The Balaban J connectivity index is 1.67. The van der Waals surface area contributed by atoms with Gasteiger partial charge >= 0.3 is 0 Å². The number of nitrogens with zero attached hydrogens (tertiary/aromatic N) is 3. The van der Waals surface area contributed by atoms with Gasteiger partial charge in [0, 0.05) is 13.1 Å². The molecule has 3 aromatic carbocycles. The van der Waals surface area contributed by atoms with E-state index in [0.29, 0.717) is 13.0 Å². The minimum atomic E-state index is 0.0974. The second kappa shape index (κ2) is 9.58. The molecule has 5 heteroatoms. The number of rotatable bonds is 8. The zero-order valence-electron chi connectivity index (χ0n) is 18.5. The van der Waals surface area contributed by atoms with Gasteiger partial charge in [0.15, 0.2) is 5.13 Å². The fourth-order valence-electron chi connectivity index (χ4n) is 4.00. The number of likely N-dealkylation sites (N-methyl/N-ethyl adjacent to an activating group) is 1. The number of benzene rings is 3. The van der Waals surface area contributed by atoms with Crippen LogP contribution < -0.4 is 4.90 Å². The second-order valence-corrected chi connectivity index (χ2v) is 8.81. The van der Waals surface area contributed by atoms with Crippen molar-refractivity contribution in [3.8, 4) is 0 Å². The van der Waals surface area contributed by atoms with E-state index in [-0.39, 0.29) is 5.91 Å². The van der Waals surface area contributed by atoms with Gasteiger partial charge in [0.05, 0.1) is 16.6 Å². The van der Waals surface area contributed by atoms with Crippen LogP contribution in [0.1, 0.15) is 25.0 Å². The van der Waals surface area contributed by atoms with Crippen molar-refractivity contribution in [1.82, 2.24) is 9.88 Å². The predicted molar refractivity (Wildman–Crippen MR) is 132 cm³/mol. The van der Waals surface area contributed by atoms with Gasteiger partial charge in [-0.1, -0.05) is 79.8 Å². The summed E-state index contributed by atoms with van der Waals surface area (Å²) in [7, 11) is 0. The summed E-state index contributed by atoms with van der Waals surface area (Å²) in [6.45, 7) is 9.82. The Bertz CT molecular complexity index is 1190. The first kappa shape index (κ1) is 21.5. The third-order valence-corrected chi connectivity index (χ3v) is 6.94. The maximum Gasteiger partial charge on any atom is 0.233 e. The first-order chi connectivity index (χ1) is 15.1. The van der Waals surface area contributed by atoms with Crippen LogP contribution in [-0.2, 0) is 11.2 Å². The number of thiazole rings is 1. The monoisotopic (exact) mass is 431 g/mol. The molecule has 0 saturated heterocycles. The molecule has 4 rings (SSSR count). The van der Waals surface area contributed by atoms with Crippen LogP contribution in [0.25, 0.3) is 21.0 Å². The standard InChI is InChI=1S/C26H29N3OS/c1-4-28(5-2)16-17-29(26-27-25-19(3)10-8-15-23(25)31-26)24(30)18-21-13-9-12-20-11-6-7-14-22(20)21/h6-15H,4-5,16-18H2,1-3H3. The molecule has 0 spiro atoms. The van der Waals surface area contributed by atoms with Gasteiger partial charge in [0.25, 0.3) is 0 Å². The average Bonchev–Trinajstić information content (AvgIpc) is 3.22. The SMILES string of the molecule is CCN(CC)CCN(C(=O)Cc1cccc2ccccc12)c1nc2c(C)cccc2s1. The Morgan fingerprint density at radius 1 is 0.935 bits per heavy atom. The molecule has 0 aliphatic heterocycles. The Hall–Kier alpha value is -2.76. The Morgan fingerprint density at radius 3 is 2.45 bits per heavy atom. The molecular weight excluding hydrogens is 402 g/mol. The number of anilines is 1. The minimum absolute atomic E-state index is 0.0974. The lowest BCUT2D eigenvalue weighted by Crippen LogP contribution is -2.39. The molecule has 4 nitrogen and oxygen atoms in total.